The van der Waals surface area contributed by atoms with Crippen molar-refractivity contribution in [2.24, 2.45) is 22.9 Å². The number of hydrogen-bond donors (Lipinski definition) is 8. The standard InChI is InChI=1S/C17H22ClN7O.C11H9Cl2N5O.C11H22N2O2/c1-9-10(18)6-7-14(21-9)23-13-8-15(24-25-16(13)17(20)26)22-12-5-3-2-4-11(12)19;1-5-6(12)2-3-9(15-5)16-7-4-8(13)17-18-10(7)11(14)19;1-11(2,3)15-10(14)13-9-7-5-4-6-8(9)12/h6-8,11-12H,2-5,19H2,1H3,(H2,20,26)(H2,21,22,23,24);2-4H,1H3,(H2,14,19)(H,15,16,17);8-9H,4-7,12H2,1-3H3,(H,13,14)/t11-,12+;;8-,9+/m0.1/s1. The minimum Gasteiger partial charge on any atom is -0.444 e. The monoisotopic (exact) mass is 886 g/mol. The summed E-state index contributed by atoms with van der Waals surface area (Å²) in [6.07, 6.45) is 8.09. The third-order valence-corrected chi connectivity index (χ3v) is 10.3. The van der Waals surface area contributed by atoms with Crippen LogP contribution in [0.1, 0.15) is 105 Å². The van der Waals surface area contributed by atoms with Crippen LogP contribution in [0.3, 0.4) is 0 Å². The largest absolute Gasteiger partial charge is 0.444 e. The van der Waals surface area contributed by atoms with E-state index in [2.05, 4.69) is 51.6 Å². The zero-order valence-corrected chi connectivity index (χ0v) is 36.5. The quantitative estimate of drug-likeness (QED) is 0.0894. The molecule has 60 heavy (non-hydrogen) atoms. The Kier molecular flexibility index (Phi) is 17.4. The molecule has 4 atom stereocenters. The highest BCUT2D eigenvalue weighted by atomic mass is 35.5. The van der Waals surface area contributed by atoms with E-state index in [1.807, 2.05) is 20.8 Å². The number of rotatable bonds is 9. The number of alkyl carbamates (subject to hydrolysis) is 1. The number of aromatic nitrogens is 6. The van der Waals surface area contributed by atoms with Crippen molar-refractivity contribution >= 4 is 81.5 Å². The van der Waals surface area contributed by atoms with E-state index in [0.717, 1.165) is 51.4 Å². The number of anilines is 5. The number of primary amides is 2. The molecule has 12 N–H and O–H groups in total. The second-order valence-electron chi connectivity index (χ2n) is 15.3. The van der Waals surface area contributed by atoms with Gasteiger partial charge in [0.15, 0.2) is 22.4 Å². The minimum atomic E-state index is -0.711. The second kappa shape index (κ2) is 21.9. The van der Waals surface area contributed by atoms with E-state index in [-0.39, 0.29) is 46.8 Å². The van der Waals surface area contributed by atoms with Crippen molar-refractivity contribution in [3.8, 4) is 0 Å². The smallest absolute Gasteiger partial charge is 0.407 e. The first-order chi connectivity index (χ1) is 28.3. The third-order valence-electron chi connectivity index (χ3n) is 9.27. The normalized spacial score (nSPS) is 18.6. The molecule has 2 fully saturated rings. The van der Waals surface area contributed by atoms with Gasteiger partial charge in [-0.1, -0.05) is 60.5 Å². The van der Waals surface area contributed by atoms with Crippen LogP contribution >= 0.6 is 34.8 Å². The summed E-state index contributed by atoms with van der Waals surface area (Å²) < 4.78 is 5.18. The highest BCUT2D eigenvalue weighted by molar-refractivity contribution is 6.31. The van der Waals surface area contributed by atoms with E-state index in [1.54, 1.807) is 44.2 Å². The maximum absolute atomic E-state index is 11.7. The number of halogens is 3. The Morgan fingerprint density at radius 1 is 0.667 bits per heavy atom. The Bertz CT molecular complexity index is 2120. The molecule has 2 aliphatic carbocycles. The van der Waals surface area contributed by atoms with Crippen LogP contribution < -0.4 is 44.2 Å². The predicted octanol–water partition coefficient (Wildman–Crippen LogP) is 6.47. The van der Waals surface area contributed by atoms with Gasteiger partial charge in [-0.25, -0.2) is 14.8 Å². The maximum atomic E-state index is 11.7. The predicted molar refractivity (Wildman–Crippen MR) is 234 cm³/mol. The Hall–Kier alpha value is -5.14. The molecule has 0 spiro atoms. The van der Waals surface area contributed by atoms with Crippen molar-refractivity contribution < 1.29 is 19.1 Å². The maximum Gasteiger partial charge on any atom is 0.407 e. The van der Waals surface area contributed by atoms with E-state index in [0.29, 0.717) is 50.3 Å². The zero-order valence-electron chi connectivity index (χ0n) is 34.2. The number of carbonyl (C=O) groups is 3. The van der Waals surface area contributed by atoms with Gasteiger partial charge in [0.2, 0.25) is 0 Å². The molecule has 3 amide bonds. The molecule has 324 valence electrons. The fourth-order valence-corrected chi connectivity index (χ4v) is 6.57. The molecule has 6 rings (SSSR count). The Morgan fingerprint density at radius 3 is 1.60 bits per heavy atom. The zero-order chi connectivity index (χ0) is 44.1. The molecule has 0 aliphatic heterocycles. The molecular formula is C39H53Cl3N14O4. The van der Waals surface area contributed by atoms with Crippen LogP contribution in [0.2, 0.25) is 15.2 Å². The van der Waals surface area contributed by atoms with Crippen molar-refractivity contribution in [2.75, 3.05) is 16.0 Å². The SMILES string of the molecule is CC(C)(C)OC(=O)N[C@H]1CCCC[C@H]1N.Cc1nc(Nc2cc(Cl)nnc2C(N)=O)ccc1Cl.Cc1nc(Nc2cc(N[C@@H]3CCCC[C@@H]3N)nnc2C(N)=O)ccc1Cl. The summed E-state index contributed by atoms with van der Waals surface area (Å²) in [4.78, 5) is 43.0. The van der Waals surface area contributed by atoms with Crippen molar-refractivity contribution in [3.63, 3.8) is 0 Å². The first kappa shape index (κ1) is 47.5. The molecule has 0 unspecified atom stereocenters. The van der Waals surface area contributed by atoms with Crippen LogP contribution in [0.4, 0.5) is 33.6 Å². The Labute approximate surface area is 364 Å². The molecule has 4 aromatic heterocycles. The fourth-order valence-electron chi connectivity index (χ4n) is 6.21. The number of amides is 3. The molecule has 2 saturated carbocycles. The summed E-state index contributed by atoms with van der Waals surface area (Å²) in [5, 5.41) is 28.6. The molecule has 18 nitrogen and oxygen atoms in total. The van der Waals surface area contributed by atoms with E-state index in [1.165, 1.54) is 6.07 Å². The van der Waals surface area contributed by atoms with Gasteiger partial charge in [-0.05, 0) is 84.6 Å². The average Bonchev–Trinajstić information content (AvgIpc) is 3.16. The third kappa shape index (κ3) is 14.8. The van der Waals surface area contributed by atoms with E-state index >= 15 is 0 Å². The van der Waals surface area contributed by atoms with Gasteiger partial charge in [-0.3, -0.25) is 9.59 Å². The van der Waals surface area contributed by atoms with Gasteiger partial charge in [0, 0.05) is 36.3 Å². The van der Waals surface area contributed by atoms with Gasteiger partial charge >= 0.3 is 6.09 Å². The van der Waals surface area contributed by atoms with Gasteiger partial charge in [-0.15, -0.1) is 20.4 Å². The number of hydrogen-bond acceptors (Lipinski definition) is 15. The number of carbonyl (C=O) groups excluding carboxylic acids is 3. The van der Waals surface area contributed by atoms with Gasteiger partial charge in [0.1, 0.15) is 17.2 Å². The number of nitrogens with two attached hydrogens (primary N) is 4. The van der Waals surface area contributed by atoms with Crippen molar-refractivity contribution in [1.29, 1.82) is 0 Å². The molecular weight excluding hydrogens is 835 g/mol. The van der Waals surface area contributed by atoms with Crippen molar-refractivity contribution in [3.05, 3.63) is 74.4 Å². The number of ether oxygens (including phenoxy) is 1. The van der Waals surface area contributed by atoms with Gasteiger partial charge in [-0.2, -0.15) is 0 Å². The summed E-state index contributed by atoms with van der Waals surface area (Å²) in [6, 6.07) is 10.3. The topological polar surface area (TPSA) is 290 Å². The highest BCUT2D eigenvalue weighted by Gasteiger charge is 2.26. The molecule has 4 heterocycles. The number of nitrogens with one attached hydrogen (secondary N) is 4. The Morgan fingerprint density at radius 2 is 1.13 bits per heavy atom. The minimum absolute atomic E-state index is 0.0150. The lowest BCUT2D eigenvalue weighted by molar-refractivity contribution is 0.0485. The number of pyridine rings is 2. The summed E-state index contributed by atoms with van der Waals surface area (Å²) in [5.41, 5.74) is 24.4. The summed E-state index contributed by atoms with van der Waals surface area (Å²) in [6.45, 7) is 9.12. The Balaban J connectivity index is 0.000000207. The van der Waals surface area contributed by atoms with Gasteiger partial charge < -0.3 is 48.9 Å². The average molecular weight is 888 g/mol. The van der Waals surface area contributed by atoms with Crippen molar-refractivity contribution in [1.82, 2.24) is 35.7 Å². The van der Waals surface area contributed by atoms with Crippen LogP contribution in [-0.2, 0) is 4.74 Å². The molecule has 0 bridgehead atoms. The van der Waals surface area contributed by atoms with Crippen LogP contribution in [0.15, 0.2) is 36.4 Å². The highest BCUT2D eigenvalue weighted by Crippen LogP contribution is 2.26. The lowest BCUT2D eigenvalue weighted by atomic mass is 9.91. The molecule has 0 radical (unpaired) electrons. The molecule has 0 aromatic carbocycles. The van der Waals surface area contributed by atoms with Crippen molar-refractivity contribution in [2.45, 2.75) is 116 Å². The van der Waals surface area contributed by atoms with Crippen LogP contribution in [0.25, 0.3) is 0 Å². The molecule has 4 aromatic rings. The van der Waals surface area contributed by atoms with E-state index in [4.69, 9.17) is 62.5 Å². The summed E-state index contributed by atoms with van der Waals surface area (Å²) in [7, 11) is 0. The lowest BCUT2D eigenvalue weighted by Gasteiger charge is -2.30. The first-order valence-electron chi connectivity index (χ1n) is 19.4. The summed E-state index contributed by atoms with van der Waals surface area (Å²) >= 11 is 17.6. The van der Waals surface area contributed by atoms with Crippen LogP contribution in [-0.4, -0.2) is 78.0 Å². The van der Waals surface area contributed by atoms with Crippen LogP contribution in [0, 0.1) is 13.8 Å². The lowest BCUT2D eigenvalue weighted by Crippen LogP contribution is -2.50. The van der Waals surface area contributed by atoms with E-state index < -0.39 is 17.4 Å². The van der Waals surface area contributed by atoms with E-state index in [9.17, 15) is 14.4 Å². The number of aryl methyl sites for hydroxylation is 2. The first-order valence-corrected chi connectivity index (χ1v) is 20.5. The molecule has 21 heteroatoms. The van der Waals surface area contributed by atoms with Gasteiger partial charge in [0.05, 0.1) is 32.8 Å². The van der Waals surface area contributed by atoms with Gasteiger partial charge in [0.25, 0.3) is 11.8 Å². The summed E-state index contributed by atoms with van der Waals surface area (Å²) in [5.74, 6) is 0.172. The fraction of sp³-hybridized carbons (Fsp3) is 0.462. The number of nitrogens with zero attached hydrogens (tertiary/aromatic N) is 6. The second-order valence-corrected chi connectivity index (χ2v) is 16.5. The van der Waals surface area contributed by atoms with Crippen LogP contribution in [0.5, 0.6) is 0 Å². The molecule has 2 aliphatic rings. The molecule has 0 saturated heterocycles.